The summed E-state index contributed by atoms with van der Waals surface area (Å²) in [6.07, 6.45) is 1.62. The smallest absolute Gasteiger partial charge is 0.309 e. The molecular weight excluding hydrogens is 638 g/mol. The maximum Gasteiger partial charge on any atom is 0.343 e. The third kappa shape index (κ3) is 5.27. The predicted molar refractivity (Wildman–Crippen MR) is 186 cm³/mol. The van der Waals surface area contributed by atoms with Gasteiger partial charge in [0.05, 0.1) is 22.8 Å². The number of aromatic nitrogens is 1. The summed E-state index contributed by atoms with van der Waals surface area (Å²) < 4.78 is 3.08. The van der Waals surface area contributed by atoms with E-state index in [2.05, 4.69) is 20.5 Å². The molecule has 46 heavy (non-hydrogen) atoms. The van der Waals surface area contributed by atoms with E-state index in [0.717, 1.165) is 42.5 Å². The van der Waals surface area contributed by atoms with E-state index in [0.29, 0.717) is 16.9 Å². The molecule has 0 spiro atoms. The number of urea groups is 1. The lowest BCUT2D eigenvalue weighted by Gasteiger charge is -2.33. The highest BCUT2D eigenvalue weighted by Crippen LogP contribution is 2.39. The van der Waals surface area contributed by atoms with Crippen LogP contribution in [0, 0.1) is 0 Å². The number of rotatable bonds is 6. The van der Waals surface area contributed by atoms with Crippen LogP contribution in [0.2, 0.25) is 0 Å². The topological polar surface area (TPSA) is 62.6 Å². The molecule has 0 N–H and O–H groups in total. The molecule has 0 unspecified atom stereocenters. The SMILES string of the molecule is O=C1C(=Cc2cc(-c3ccccc3)n(-c3ccc(Br)cc3)c2-c2ccccc2)C(=O)N(c2ccccc2)C(=O)N1c1ccccc1. The van der Waals surface area contributed by atoms with E-state index < -0.39 is 17.8 Å². The van der Waals surface area contributed by atoms with Crippen molar-refractivity contribution in [1.29, 1.82) is 0 Å². The Bertz CT molecular complexity index is 2030. The molecule has 7 heteroatoms. The number of para-hydroxylation sites is 2. The molecule has 7 rings (SSSR count). The quantitative estimate of drug-likeness (QED) is 0.132. The number of hydrogen-bond acceptors (Lipinski definition) is 3. The molecular formula is C39H26BrN3O3. The van der Waals surface area contributed by atoms with Gasteiger partial charge in [0.1, 0.15) is 5.57 Å². The van der Waals surface area contributed by atoms with Gasteiger partial charge in [-0.2, -0.15) is 0 Å². The number of hydrogen-bond donors (Lipinski definition) is 0. The maximum absolute atomic E-state index is 14.2. The number of anilines is 2. The Morgan fingerprint density at radius 2 is 0.957 bits per heavy atom. The zero-order valence-corrected chi connectivity index (χ0v) is 26.0. The first-order valence-electron chi connectivity index (χ1n) is 14.7. The maximum atomic E-state index is 14.2. The van der Waals surface area contributed by atoms with Gasteiger partial charge in [-0.3, -0.25) is 9.59 Å². The number of nitrogens with zero attached hydrogens (tertiary/aromatic N) is 3. The number of benzene rings is 5. The average molecular weight is 665 g/mol. The molecule has 0 radical (unpaired) electrons. The van der Waals surface area contributed by atoms with Crippen LogP contribution in [0.4, 0.5) is 16.2 Å². The van der Waals surface area contributed by atoms with Gasteiger partial charge in [0, 0.05) is 15.7 Å². The number of imide groups is 2. The number of carbonyl (C=O) groups is 3. The highest BCUT2D eigenvalue weighted by molar-refractivity contribution is 9.10. The Labute approximate surface area is 274 Å². The second-order valence-electron chi connectivity index (χ2n) is 10.7. The lowest BCUT2D eigenvalue weighted by Crippen LogP contribution is -2.57. The summed E-state index contributed by atoms with van der Waals surface area (Å²) in [5.41, 5.74) is 5.70. The Morgan fingerprint density at radius 1 is 0.500 bits per heavy atom. The third-order valence-electron chi connectivity index (χ3n) is 7.81. The summed E-state index contributed by atoms with van der Waals surface area (Å²) in [6, 6.07) is 46.4. The fourth-order valence-electron chi connectivity index (χ4n) is 5.71. The van der Waals surface area contributed by atoms with Crippen LogP contribution in [0.15, 0.2) is 162 Å². The van der Waals surface area contributed by atoms with Crippen molar-refractivity contribution in [1.82, 2.24) is 4.57 Å². The van der Waals surface area contributed by atoms with Crippen LogP contribution in [-0.2, 0) is 9.59 Å². The van der Waals surface area contributed by atoms with E-state index in [1.807, 2.05) is 91.0 Å². The van der Waals surface area contributed by atoms with E-state index in [1.165, 1.54) is 0 Å². The number of amides is 4. The van der Waals surface area contributed by atoms with Gasteiger partial charge < -0.3 is 4.57 Å². The minimum Gasteiger partial charge on any atom is -0.309 e. The van der Waals surface area contributed by atoms with Crippen molar-refractivity contribution in [3.05, 3.63) is 167 Å². The van der Waals surface area contributed by atoms with Gasteiger partial charge in [-0.05, 0) is 71.8 Å². The minimum absolute atomic E-state index is 0.128. The summed E-state index contributed by atoms with van der Waals surface area (Å²) in [5, 5.41) is 0. The Kier molecular flexibility index (Phi) is 7.74. The summed E-state index contributed by atoms with van der Waals surface area (Å²) in [4.78, 5) is 44.4. The van der Waals surface area contributed by atoms with Crippen LogP contribution in [0.3, 0.4) is 0 Å². The second kappa shape index (κ2) is 12.3. The molecule has 4 amide bonds. The second-order valence-corrected chi connectivity index (χ2v) is 11.6. The van der Waals surface area contributed by atoms with Crippen LogP contribution in [0.1, 0.15) is 5.56 Å². The summed E-state index contributed by atoms with van der Waals surface area (Å²) in [6.45, 7) is 0. The molecule has 1 fully saturated rings. The van der Waals surface area contributed by atoms with Crippen LogP contribution in [0.25, 0.3) is 34.3 Å². The van der Waals surface area contributed by atoms with Gasteiger partial charge in [0.15, 0.2) is 0 Å². The van der Waals surface area contributed by atoms with Crippen LogP contribution in [-0.4, -0.2) is 22.4 Å². The van der Waals surface area contributed by atoms with E-state index in [9.17, 15) is 14.4 Å². The predicted octanol–water partition coefficient (Wildman–Crippen LogP) is 9.16. The Hall–Kier alpha value is -5.79. The zero-order valence-electron chi connectivity index (χ0n) is 24.5. The van der Waals surface area contributed by atoms with Crippen molar-refractivity contribution < 1.29 is 14.4 Å². The molecule has 2 heterocycles. The van der Waals surface area contributed by atoms with E-state index in [1.54, 1.807) is 66.7 Å². The van der Waals surface area contributed by atoms with Crippen molar-refractivity contribution >= 4 is 51.2 Å². The number of barbiturate groups is 1. The molecule has 0 saturated carbocycles. The lowest BCUT2D eigenvalue weighted by atomic mass is 10.0. The fraction of sp³-hybridized carbons (Fsp3) is 0. The van der Waals surface area contributed by atoms with Crippen LogP contribution >= 0.6 is 15.9 Å². The summed E-state index contributed by atoms with van der Waals surface area (Å²) >= 11 is 3.55. The van der Waals surface area contributed by atoms with Crippen molar-refractivity contribution in [2.75, 3.05) is 9.80 Å². The van der Waals surface area contributed by atoms with E-state index in [-0.39, 0.29) is 5.57 Å². The first-order chi connectivity index (χ1) is 22.5. The molecule has 1 saturated heterocycles. The molecule has 1 aliphatic heterocycles. The number of carbonyl (C=O) groups excluding carboxylic acids is 3. The minimum atomic E-state index is -0.731. The molecule has 222 valence electrons. The molecule has 0 bridgehead atoms. The van der Waals surface area contributed by atoms with Crippen LogP contribution in [0.5, 0.6) is 0 Å². The average Bonchev–Trinajstić information content (AvgIpc) is 3.48. The summed E-state index contributed by atoms with van der Waals surface area (Å²) in [5.74, 6) is -1.38. The van der Waals surface area contributed by atoms with Crippen molar-refractivity contribution in [3.8, 4) is 28.2 Å². The standard InChI is InChI=1S/C39H26BrN3O3/c40-30-21-23-33(24-22-30)41-35(27-13-5-1-6-14-27)26-29(36(41)28-15-7-2-8-16-28)25-34-37(44)42(31-17-9-3-10-18-31)39(46)43(38(34)45)32-19-11-4-12-20-32/h1-26H. The first-order valence-corrected chi connectivity index (χ1v) is 15.5. The summed E-state index contributed by atoms with van der Waals surface area (Å²) in [7, 11) is 0. The van der Waals surface area contributed by atoms with Gasteiger partial charge >= 0.3 is 6.03 Å². The highest BCUT2D eigenvalue weighted by Gasteiger charge is 2.44. The van der Waals surface area contributed by atoms with Gasteiger partial charge in [-0.25, -0.2) is 14.6 Å². The van der Waals surface area contributed by atoms with Gasteiger partial charge in [-0.1, -0.05) is 113 Å². The lowest BCUT2D eigenvalue weighted by molar-refractivity contribution is -0.121. The molecule has 1 aliphatic rings. The van der Waals surface area contributed by atoms with Gasteiger partial charge in [-0.15, -0.1) is 0 Å². The zero-order chi connectivity index (χ0) is 31.6. The third-order valence-corrected chi connectivity index (χ3v) is 8.34. The molecule has 6 aromatic rings. The Balaban J connectivity index is 1.50. The Morgan fingerprint density at radius 3 is 1.46 bits per heavy atom. The van der Waals surface area contributed by atoms with E-state index >= 15 is 0 Å². The van der Waals surface area contributed by atoms with Crippen molar-refractivity contribution in [2.24, 2.45) is 0 Å². The number of halogens is 1. The van der Waals surface area contributed by atoms with Crippen molar-refractivity contribution in [3.63, 3.8) is 0 Å². The fourth-order valence-corrected chi connectivity index (χ4v) is 5.97. The molecule has 5 aromatic carbocycles. The van der Waals surface area contributed by atoms with Crippen molar-refractivity contribution in [2.45, 2.75) is 0 Å². The molecule has 6 nitrogen and oxygen atoms in total. The van der Waals surface area contributed by atoms with Crippen LogP contribution < -0.4 is 9.80 Å². The normalized spacial score (nSPS) is 13.3. The molecule has 0 atom stereocenters. The first kappa shape index (κ1) is 29.0. The van der Waals surface area contributed by atoms with Gasteiger partial charge in [0.2, 0.25) is 0 Å². The largest absolute Gasteiger partial charge is 0.343 e. The monoisotopic (exact) mass is 663 g/mol. The van der Waals surface area contributed by atoms with E-state index in [4.69, 9.17) is 0 Å². The van der Waals surface area contributed by atoms with Gasteiger partial charge in [0.25, 0.3) is 11.8 Å². The highest BCUT2D eigenvalue weighted by atomic mass is 79.9. The molecule has 0 aliphatic carbocycles. The molecule has 1 aromatic heterocycles.